The molecule has 9 heteroatoms. The smallest absolute Gasteiger partial charge is 0.361 e. The van der Waals surface area contributed by atoms with E-state index in [1.165, 1.54) is 103 Å². The molecule has 0 aliphatic carbocycles. The summed E-state index contributed by atoms with van der Waals surface area (Å²) in [6.45, 7) is 4.69. The van der Waals surface area contributed by atoms with Crippen molar-refractivity contribution in [2.24, 2.45) is 0 Å². The summed E-state index contributed by atoms with van der Waals surface area (Å²) in [5.41, 5.74) is 0. The normalized spacial score (nSPS) is 13.8. The molecule has 0 saturated carbocycles. The average molecular weight is 1180 g/mol. The maximum absolute atomic E-state index is 12.9. The molecule has 0 radical (unpaired) electrons. The second kappa shape index (κ2) is 64.9. The number of hydrogen-bond acceptors (Lipinski definition) is 7. The molecule has 0 aromatic carbocycles. The molecule has 0 spiro atoms. The van der Waals surface area contributed by atoms with Gasteiger partial charge in [-0.25, -0.2) is 4.79 Å². The number of quaternary nitrogens is 1. The van der Waals surface area contributed by atoms with E-state index in [2.05, 4.69) is 172 Å². The summed E-state index contributed by atoms with van der Waals surface area (Å²) in [5, 5.41) is 9.74. The van der Waals surface area contributed by atoms with Crippen molar-refractivity contribution >= 4 is 17.9 Å². The number of esters is 2. The Hall–Kier alpha value is -5.09. The van der Waals surface area contributed by atoms with Crippen LogP contribution in [-0.4, -0.2) is 87.4 Å². The lowest BCUT2D eigenvalue weighted by Crippen LogP contribution is -2.40. The van der Waals surface area contributed by atoms with Gasteiger partial charge in [-0.1, -0.05) is 262 Å². The predicted octanol–water partition coefficient (Wildman–Crippen LogP) is 20.9. The fraction of sp³-hybridized carbons (Fsp3) is 0.618. The second-order valence-corrected chi connectivity index (χ2v) is 23.0. The topological polar surface area (TPSA) is 108 Å². The van der Waals surface area contributed by atoms with Crippen LogP contribution in [0.15, 0.2) is 158 Å². The van der Waals surface area contributed by atoms with Crippen molar-refractivity contribution in [2.75, 3.05) is 47.5 Å². The number of carboxylic acid groups (broad SMARTS) is 1. The number of likely N-dealkylation sites (N-methyl/N-ethyl adjacent to an activating group) is 1. The van der Waals surface area contributed by atoms with Crippen LogP contribution in [0.4, 0.5) is 0 Å². The summed E-state index contributed by atoms with van der Waals surface area (Å²) in [7, 11) is 5.95. The van der Waals surface area contributed by atoms with E-state index in [1.54, 1.807) is 0 Å². The van der Waals surface area contributed by atoms with E-state index in [9.17, 15) is 19.5 Å². The summed E-state index contributed by atoms with van der Waals surface area (Å²) >= 11 is 0. The largest absolute Gasteiger partial charge is 0.477 e. The van der Waals surface area contributed by atoms with Crippen LogP contribution in [0.5, 0.6) is 0 Å². The van der Waals surface area contributed by atoms with Gasteiger partial charge in [0.15, 0.2) is 6.10 Å². The number of unbranched alkanes of at least 4 members (excludes halogenated alkanes) is 19. The molecular weight excluding hydrogens is 1050 g/mol. The highest BCUT2D eigenvalue weighted by molar-refractivity contribution is 5.71. The molecule has 85 heavy (non-hydrogen) atoms. The Bertz CT molecular complexity index is 1950. The van der Waals surface area contributed by atoms with Crippen molar-refractivity contribution in [1.29, 1.82) is 0 Å². The zero-order valence-electron chi connectivity index (χ0n) is 54.7. The summed E-state index contributed by atoms with van der Waals surface area (Å²) in [6.07, 6.45) is 93.4. The number of carboxylic acids is 1. The SMILES string of the molecule is CC/C=C\C/C=C\C/C=C\C/C=C\C/C=C\C/C=C\C/C=C\C/C=C\C/C=C\C/C=C\CCCCC(=O)OC(COC(=O)CCCCCCCCCCCCCC/C=C\C/C=C\C/C=C\CCCCCCC)COC(OCC[N+](C)(C)C)C(=O)O. The van der Waals surface area contributed by atoms with E-state index < -0.39 is 24.3 Å². The zero-order chi connectivity index (χ0) is 61.9. The Morgan fingerprint density at radius 2 is 0.671 bits per heavy atom. The van der Waals surface area contributed by atoms with Gasteiger partial charge in [-0.15, -0.1) is 0 Å². The van der Waals surface area contributed by atoms with Crippen molar-refractivity contribution in [1.82, 2.24) is 0 Å². The minimum atomic E-state index is -1.53. The standard InChI is InChI=1S/C76H123NO8/c1-6-8-10-12-14-16-18-20-22-24-26-28-30-32-34-35-36-37-38-39-41-43-45-47-49-51-53-55-57-59-61-63-65-67-74(79)85-72(71-84-76(75(80)81)82-69-68-77(3,4)5)70-83-73(78)66-64-62-60-58-56-54-52-50-48-46-44-42-40-33-31-29-27-25-23-21-19-17-15-13-11-9-7-2/h8,10,14,16,19-22,25-28,31-34,36-37,39,41,45,47,51,53,57,59,72,76H,6-7,9,11-13,15,17-18,23-24,29-30,35,38,40,42-44,46,48-50,52,54-56,58,60-71H2,1-5H3/p+1/b10-8-,16-14-,21-19-,22-20-,27-25-,28-26-,33-31-,34-32-,37-36-,41-39-,47-45-,53-51-,59-57-. The van der Waals surface area contributed by atoms with Crippen LogP contribution in [0.3, 0.4) is 0 Å². The minimum Gasteiger partial charge on any atom is -0.477 e. The van der Waals surface area contributed by atoms with Crippen molar-refractivity contribution < 1.29 is 42.9 Å². The lowest BCUT2D eigenvalue weighted by Gasteiger charge is -2.25. The van der Waals surface area contributed by atoms with Gasteiger partial charge in [0.25, 0.3) is 6.29 Å². The molecule has 0 bridgehead atoms. The molecule has 2 unspecified atom stereocenters. The summed E-state index contributed by atoms with van der Waals surface area (Å²) in [4.78, 5) is 37.6. The Morgan fingerprint density at radius 1 is 0.365 bits per heavy atom. The molecule has 480 valence electrons. The van der Waals surface area contributed by atoms with Gasteiger partial charge in [-0.2, -0.15) is 0 Å². The highest BCUT2D eigenvalue weighted by Gasteiger charge is 2.25. The lowest BCUT2D eigenvalue weighted by atomic mass is 10.0. The molecule has 0 rings (SSSR count). The quantitative estimate of drug-likeness (QED) is 0.0211. The number of aliphatic carboxylic acids is 1. The Kier molecular flexibility index (Phi) is 61.0. The fourth-order valence-electron chi connectivity index (χ4n) is 8.64. The molecule has 0 aromatic heterocycles. The number of allylic oxidation sites excluding steroid dienone is 26. The predicted molar refractivity (Wildman–Crippen MR) is 363 cm³/mol. The van der Waals surface area contributed by atoms with E-state index in [4.69, 9.17) is 18.9 Å². The summed E-state index contributed by atoms with van der Waals surface area (Å²) in [6, 6.07) is 0. The van der Waals surface area contributed by atoms with Crippen LogP contribution in [0.25, 0.3) is 0 Å². The number of ether oxygens (including phenoxy) is 4. The van der Waals surface area contributed by atoms with Crippen LogP contribution >= 0.6 is 0 Å². The first-order valence-corrected chi connectivity index (χ1v) is 33.6. The van der Waals surface area contributed by atoms with Crippen molar-refractivity contribution in [3.05, 3.63) is 158 Å². The maximum atomic E-state index is 12.9. The zero-order valence-corrected chi connectivity index (χ0v) is 54.7. The molecular formula is C76H124NO8+. The van der Waals surface area contributed by atoms with E-state index in [0.29, 0.717) is 17.4 Å². The van der Waals surface area contributed by atoms with E-state index in [1.807, 2.05) is 21.1 Å². The van der Waals surface area contributed by atoms with Gasteiger partial charge in [0.05, 0.1) is 34.4 Å². The molecule has 0 fully saturated rings. The van der Waals surface area contributed by atoms with Crippen molar-refractivity contribution in [3.8, 4) is 0 Å². The molecule has 0 heterocycles. The van der Waals surface area contributed by atoms with Gasteiger partial charge in [0.1, 0.15) is 13.2 Å². The van der Waals surface area contributed by atoms with Crippen LogP contribution in [-0.2, 0) is 33.3 Å². The molecule has 0 aromatic rings. The molecule has 0 saturated heterocycles. The summed E-state index contributed by atoms with van der Waals surface area (Å²) < 4.78 is 22.9. The minimum absolute atomic E-state index is 0.170. The number of rotatable bonds is 60. The molecule has 2 atom stereocenters. The van der Waals surface area contributed by atoms with Gasteiger partial charge < -0.3 is 28.5 Å². The number of hydrogen-bond donors (Lipinski definition) is 1. The van der Waals surface area contributed by atoms with Gasteiger partial charge in [0, 0.05) is 12.8 Å². The van der Waals surface area contributed by atoms with E-state index in [0.717, 1.165) is 109 Å². The van der Waals surface area contributed by atoms with Crippen LogP contribution in [0.1, 0.15) is 245 Å². The fourth-order valence-corrected chi connectivity index (χ4v) is 8.64. The van der Waals surface area contributed by atoms with Crippen LogP contribution < -0.4 is 0 Å². The molecule has 9 nitrogen and oxygen atoms in total. The Balaban J connectivity index is 4.31. The highest BCUT2D eigenvalue weighted by atomic mass is 16.7. The Labute approximate surface area is 521 Å². The first-order chi connectivity index (χ1) is 41.6. The third kappa shape index (κ3) is 66.3. The number of carbonyl (C=O) groups is 3. The first-order valence-electron chi connectivity index (χ1n) is 33.6. The third-order valence-corrected chi connectivity index (χ3v) is 13.8. The molecule has 0 aliphatic heterocycles. The number of nitrogens with zero attached hydrogens (tertiary/aromatic N) is 1. The van der Waals surface area contributed by atoms with Crippen molar-refractivity contribution in [3.63, 3.8) is 0 Å². The van der Waals surface area contributed by atoms with E-state index in [-0.39, 0.29) is 38.6 Å². The lowest BCUT2D eigenvalue weighted by molar-refractivity contribution is -0.870. The van der Waals surface area contributed by atoms with Crippen LogP contribution in [0.2, 0.25) is 0 Å². The maximum Gasteiger partial charge on any atom is 0.361 e. The third-order valence-electron chi connectivity index (χ3n) is 13.8. The van der Waals surface area contributed by atoms with Gasteiger partial charge in [-0.05, 0) is 128 Å². The van der Waals surface area contributed by atoms with Gasteiger partial charge in [-0.3, -0.25) is 9.59 Å². The molecule has 1 N–H and O–H groups in total. The number of carbonyl (C=O) groups excluding carboxylic acids is 2. The first kappa shape index (κ1) is 79.9. The van der Waals surface area contributed by atoms with Gasteiger partial charge in [0.2, 0.25) is 0 Å². The monoisotopic (exact) mass is 1180 g/mol. The summed E-state index contributed by atoms with van der Waals surface area (Å²) in [5.74, 6) is -2.08. The Morgan fingerprint density at radius 3 is 1.02 bits per heavy atom. The second-order valence-electron chi connectivity index (χ2n) is 23.0. The molecule has 0 amide bonds. The van der Waals surface area contributed by atoms with Crippen molar-refractivity contribution in [2.45, 2.75) is 257 Å². The van der Waals surface area contributed by atoms with E-state index >= 15 is 0 Å². The van der Waals surface area contributed by atoms with Gasteiger partial charge >= 0.3 is 17.9 Å². The molecule has 0 aliphatic rings. The van der Waals surface area contributed by atoms with Crippen LogP contribution in [0, 0.1) is 0 Å². The highest BCUT2D eigenvalue weighted by Crippen LogP contribution is 2.15. The average Bonchev–Trinajstić information content (AvgIpc) is 3.49.